The van der Waals surface area contributed by atoms with Crippen molar-refractivity contribution in [3.8, 4) is 0 Å². The highest BCUT2D eigenvalue weighted by molar-refractivity contribution is 5.97. The van der Waals surface area contributed by atoms with Crippen LogP contribution in [0.2, 0.25) is 0 Å². The van der Waals surface area contributed by atoms with Crippen molar-refractivity contribution in [2.45, 2.75) is 13.8 Å². The maximum absolute atomic E-state index is 13.5. The molecule has 1 aromatic carbocycles. The average molecular weight is 222 g/mol. The van der Waals surface area contributed by atoms with E-state index in [1.165, 1.54) is 6.07 Å². The molecular weight excluding hydrogens is 207 g/mol. The Labute approximate surface area is 94.0 Å². The molecule has 0 saturated carbocycles. The van der Waals surface area contributed by atoms with Crippen LogP contribution in [-0.2, 0) is 4.79 Å². The van der Waals surface area contributed by atoms with Crippen LogP contribution in [0.4, 0.5) is 15.8 Å². The van der Waals surface area contributed by atoms with Crippen LogP contribution >= 0.6 is 0 Å². The van der Waals surface area contributed by atoms with E-state index in [2.05, 4.69) is 10.6 Å². The van der Waals surface area contributed by atoms with E-state index in [9.17, 15) is 9.18 Å². The van der Waals surface area contributed by atoms with Crippen LogP contribution in [-0.4, -0.2) is 12.5 Å². The van der Waals surface area contributed by atoms with E-state index in [1.54, 1.807) is 12.1 Å². The summed E-state index contributed by atoms with van der Waals surface area (Å²) in [5.74, 6) is -0.425. The van der Waals surface area contributed by atoms with Crippen molar-refractivity contribution in [3.63, 3.8) is 0 Å². The second-order valence-corrected chi connectivity index (χ2v) is 4.38. The molecule has 1 atom stereocenters. The van der Waals surface area contributed by atoms with Crippen molar-refractivity contribution in [2.24, 2.45) is 11.8 Å². The van der Waals surface area contributed by atoms with E-state index in [-0.39, 0.29) is 23.4 Å². The minimum atomic E-state index is -0.400. The quantitative estimate of drug-likeness (QED) is 0.766. The lowest BCUT2D eigenvalue weighted by atomic mass is 9.95. The number of anilines is 2. The molecular formula is C12H15FN2O. The first-order chi connectivity index (χ1) is 7.59. The summed E-state index contributed by atoms with van der Waals surface area (Å²) in [4.78, 5) is 11.9. The fourth-order valence-corrected chi connectivity index (χ4v) is 1.87. The molecule has 1 heterocycles. The number of carbonyl (C=O) groups excluding carboxylic acids is 1. The van der Waals surface area contributed by atoms with Gasteiger partial charge in [-0.1, -0.05) is 19.9 Å². The van der Waals surface area contributed by atoms with Gasteiger partial charge in [0.25, 0.3) is 0 Å². The minimum absolute atomic E-state index is 0.119. The summed E-state index contributed by atoms with van der Waals surface area (Å²) in [6.45, 7) is 4.51. The van der Waals surface area contributed by atoms with Gasteiger partial charge in [0.2, 0.25) is 5.91 Å². The first-order valence-corrected chi connectivity index (χ1v) is 5.43. The van der Waals surface area contributed by atoms with Crippen LogP contribution < -0.4 is 10.6 Å². The van der Waals surface area contributed by atoms with E-state index in [4.69, 9.17) is 0 Å². The molecule has 4 heteroatoms. The fourth-order valence-electron chi connectivity index (χ4n) is 1.87. The lowest BCUT2D eigenvalue weighted by molar-refractivity contribution is -0.120. The third-order valence-corrected chi connectivity index (χ3v) is 2.92. The number of carbonyl (C=O) groups is 1. The van der Waals surface area contributed by atoms with Gasteiger partial charge >= 0.3 is 0 Å². The van der Waals surface area contributed by atoms with E-state index in [0.717, 1.165) is 0 Å². The summed E-state index contributed by atoms with van der Waals surface area (Å²) in [7, 11) is 0. The van der Waals surface area contributed by atoms with Gasteiger partial charge in [-0.15, -0.1) is 0 Å². The highest BCUT2D eigenvalue weighted by Crippen LogP contribution is 2.29. The zero-order chi connectivity index (χ0) is 11.7. The number of para-hydroxylation sites is 1. The molecule has 1 unspecified atom stereocenters. The molecule has 0 aliphatic carbocycles. The number of hydrogen-bond donors (Lipinski definition) is 2. The molecule has 0 radical (unpaired) electrons. The third kappa shape index (κ3) is 1.87. The predicted molar refractivity (Wildman–Crippen MR) is 61.8 cm³/mol. The number of fused-ring (bicyclic) bond motifs is 1. The van der Waals surface area contributed by atoms with Gasteiger partial charge in [-0.3, -0.25) is 4.79 Å². The van der Waals surface area contributed by atoms with Crippen LogP contribution in [0.5, 0.6) is 0 Å². The van der Waals surface area contributed by atoms with Gasteiger partial charge < -0.3 is 10.6 Å². The maximum atomic E-state index is 13.5. The molecule has 1 aromatic rings. The van der Waals surface area contributed by atoms with Gasteiger partial charge in [0.15, 0.2) is 0 Å². The summed E-state index contributed by atoms with van der Waals surface area (Å²) in [5, 5.41) is 5.75. The maximum Gasteiger partial charge on any atom is 0.229 e. The van der Waals surface area contributed by atoms with Crippen molar-refractivity contribution in [3.05, 3.63) is 24.0 Å². The Kier molecular flexibility index (Phi) is 2.81. The number of amides is 1. The molecule has 0 saturated heterocycles. The Balaban J connectivity index is 2.34. The molecule has 1 aliphatic rings. The fraction of sp³-hybridized carbons (Fsp3) is 0.417. The number of hydrogen-bond acceptors (Lipinski definition) is 2. The predicted octanol–water partition coefficient (Wildman–Crippen LogP) is 2.46. The Morgan fingerprint density at radius 1 is 1.44 bits per heavy atom. The molecule has 0 fully saturated rings. The van der Waals surface area contributed by atoms with Crippen molar-refractivity contribution in [1.29, 1.82) is 0 Å². The standard InChI is InChI=1S/C12H15FN2O/c1-7(2)8-6-14-10-5-3-4-9(13)11(10)15-12(8)16/h3-5,7-8,14H,6H2,1-2H3,(H,15,16). The van der Waals surface area contributed by atoms with Crippen molar-refractivity contribution >= 4 is 17.3 Å². The van der Waals surface area contributed by atoms with E-state index in [0.29, 0.717) is 12.2 Å². The Morgan fingerprint density at radius 3 is 2.88 bits per heavy atom. The summed E-state index contributed by atoms with van der Waals surface area (Å²) in [5.41, 5.74) is 0.909. The molecule has 0 aromatic heterocycles. The van der Waals surface area contributed by atoms with Gasteiger partial charge in [0.1, 0.15) is 11.5 Å². The van der Waals surface area contributed by atoms with Gasteiger partial charge in [0.05, 0.1) is 11.6 Å². The number of halogens is 1. The third-order valence-electron chi connectivity index (χ3n) is 2.92. The average Bonchev–Trinajstić information content (AvgIpc) is 2.38. The SMILES string of the molecule is CC(C)C1CNc2cccc(F)c2NC1=O. The van der Waals surface area contributed by atoms with Crippen molar-refractivity contribution in [2.75, 3.05) is 17.2 Å². The number of benzene rings is 1. The summed E-state index contributed by atoms with van der Waals surface area (Å²) >= 11 is 0. The lowest BCUT2D eigenvalue weighted by Crippen LogP contribution is -2.30. The molecule has 0 bridgehead atoms. The molecule has 86 valence electrons. The second kappa shape index (κ2) is 4.12. The largest absolute Gasteiger partial charge is 0.382 e. The molecule has 1 aliphatic heterocycles. The minimum Gasteiger partial charge on any atom is -0.382 e. The highest BCUT2D eigenvalue weighted by Gasteiger charge is 2.27. The van der Waals surface area contributed by atoms with Gasteiger partial charge in [-0.25, -0.2) is 4.39 Å². The van der Waals surface area contributed by atoms with Gasteiger partial charge in [-0.05, 0) is 18.1 Å². The van der Waals surface area contributed by atoms with Crippen LogP contribution in [0.3, 0.4) is 0 Å². The topological polar surface area (TPSA) is 41.1 Å². The highest BCUT2D eigenvalue weighted by atomic mass is 19.1. The van der Waals surface area contributed by atoms with Crippen LogP contribution in [0.25, 0.3) is 0 Å². The summed E-state index contributed by atoms with van der Waals surface area (Å²) < 4.78 is 13.5. The smallest absolute Gasteiger partial charge is 0.229 e. The van der Waals surface area contributed by atoms with E-state index in [1.807, 2.05) is 13.8 Å². The van der Waals surface area contributed by atoms with Crippen LogP contribution in [0, 0.1) is 17.7 Å². The first-order valence-electron chi connectivity index (χ1n) is 5.43. The number of rotatable bonds is 1. The second-order valence-electron chi connectivity index (χ2n) is 4.38. The Bertz CT molecular complexity index is 417. The molecule has 0 spiro atoms. The summed E-state index contributed by atoms with van der Waals surface area (Å²) in [6.07, 6.45) is 0. The van der Waals surface area contributed by atoms with Crippen LogP contribution in [0.1, 0.15) is 13.8 Å². The Morgan fingerprint density at radius 2 is 2.19 bits per heavy atom. The van der Waals surface area contributed by atoms with E-state index < -0.39 is 5.82 Å². The van der Waals surface area contributed by atoms with Crippen molar-refractivity contribution in [1.82, 2.24) is 0 Å². The van der Waals surface area contributed by atoms with Crippen LogP contribution in [0.15, 0.2) is 18.2 Å². The normalized spacial score (nSPS) is 19.8. The first kappa shape index (κ1) is 10.9. The van der Waals surface area contributed by atoms with E-state index >= 15 is 0 Å². The molecule has 1 amide bonds. The lowest BCUT2D eigenvalue weighted by Gasteiger charge is -2.16. The van der Waals surface area contributed by atoms with Gasteiger partial charge in [0, 0.05) is 6.54 Å². The van der Waals surface area contributed by atoms with Gasteiger partial charge in [-0.2, -0.15) is 0 Å². The Hall–Kier alpha value is -1.58. The molecule has 2 N–H and O–H groups in total. The monoisotopic (exact) mass is 222 g/mol. The number of nitrogens with one attached hydrogen (secondary N) is 2. The molecule has 2 rings (SSSR count). The van der Waals surface area contributed by atoms with Crippen molar-refractivity contribution < 1.29 is 9.18 Å². The summed E-state index contributed by atoms with van der Waals surface area (Å²) in [6, 6.07) is 4.74. The zero-order valence-corrected chi connectivity index (χ0v) is 9.38. The zero-order valence-electron chi connectivity index (χ0n) is 9.38. The molecule has 3 nitrogen and oxygen atoms in total. The molecule has 16 heavy (non-hydrogen) atoms.